The minimum atomic E-state index is -5.57. The molecule has 0 radical (unpaired) electrons. The first kappa shape index (κ1) is 76.5. The number of carbonyl (C=O) groups is 2. The molecule has 532 valence electrons. The zero-order valence-electron chi connectivity index (χ0n) is 54.4. The summed E-state index contributed by atoms with van der Waals surface area (Å²) in [7, 11) is -4.42. The van der Waals surface area contributed by atoms with Crippen molar-refractivity contribution >= 4 is 22.3 Å². The van der Waals surface area contributed by atoms with Crippen LogP contribution in [0.3, 0.4) is 0 Å². The first-order chi connectivity index (χ1) is 43.6. The standard InChI is InChI=1S/C61H96O31S.Na/c1-25(2)11-10-16-60(8)50-30(82-26(3)65)19-59(7)28-12-13-35-57(4,5)36(15-17-58(35,6)27(28)14-18-61(50,59)56(75)91-60)86-54-48(40(70)34(24-81-54)92-93(76,77)78)90-55-49(89-51-41(71)37(67)29(66)23-80-51)42(72)45(33(22-64)85-55)87-53-44(74)47(39(69)32(21-63)84-53)88-52-43(73)46(79-9)38(68)31(20-62)83-52;/h12,27,29-55,62-64,66-74H,1,10-11,13-24H2,2-9H3,(H,76,77,78);/q;+1/p-1/t27-,29+,30-,31+,32+,33+,34+,35-,36?,37-,38+,39+,40-,41+,42-,43+,44+,45+,46-,47-,48+,49+,50?,51-,52-,53-,54-,55-,58+,59-,60-,61?;/m0./s1. The van der Waals surface area contributed by atoms with Gasteiger partial charge in [0.15, 0.2) is 31.5 Å². The Labute approximate surface area is 567 Å². The van der Waals surface area contributed by atoms with E-state index in [-0.39, 0.29) is 47.4 Å². The van der Waals surface area contributed by atoms with Gasteiger partial charge in [-0.25, -0.2) is 8.42 Å². The van der Waals surface area contributed by atoms with E-state index in [1.165, 1.54) is 6.92 Å². The predicted octanol–water partition coefficient (Wildman–Crippen LogP) is -5.92. The molecule has 32 atom stereocenters. The van der Waals surface area contributed by atoms with Gasteiger partial charge in [-0.1, -0.05) is 44.9 Å². The number of ether oxygens (including phenoxy) is 13. The van der Waals surface area contributed by atoms with Crippen molar-refractivity contribution in [2.24, 2.45) is 39.4 Å². The van der Waals surface area contributed by atoms with E-state index in [0.717, 1.165) is 31.1 Å². The normalized spacial score (nSPS) is 49.2. The van der Waals surface area contributed by atoms with Crippen LogP contribution in [0.5, 0.6) is 0 Å². The second-order valence-corrected chi connectivity index (χ2v) is 29.4. The maximum atomic E-state index is 14.8. The molecule has 10 aliphatic rings. The number of methoxy groups -OCH3 is 1. The maximum absolute atomic E-state index is 14.8. The molecular weight excluding hydrogens is 1280 g/mol. The molecule has 12 N–H and O–H groups in total. The van der Waals surface area contributed by atoms with Crippen LogP contribution in [0.4, 0.5) is 0 Å². The number of hydrogen-bond donors (Lipinski definition) is 12. The Bertz CT molecular complexity index is 2800. The molecule has 0 aromatic heterocycles. The molecular formula is C61H95NaO31S. The molecule has 3 saturated carbocycles. The topological polar surface area (TPSA) is 463 Å². The molecule has 6 saturated heterocycles. The van der Waals surface area contributed by atoms with Crippen LogP contribution in [-0.4, -0.2) is 285 Å². The molecule has 94 heavy (non-hydrogen) atoms. The fraction of sp³-hybridized carbons (Fsp3) is 0.902. The van der Waals surface area contributed by atoms with Gasteiger partial charge in [0.25, 0.3) is 0 Å². The quantitative estimate of drug-likeness (QED) is 0.0167. The van der Waals surface area contributed by atoms with Crippen molar-refractivity contribution < 1.29 is 179 Å². The number of rotatable bonds is 21. The van der Waals surface area contributed by atoms with Gasteiger partial charge in [-0.05, 0) is 94.3 Å². The van der Waals surface area contributed by atoms with E-state index in [0.29, 0.717) is 44.9 Å². The summed E-state index contributed by atoms with van der Waals surface area (Å²) in [5.41, 5.74) is -1.69. The minimum Gasteiger partial charge on any atom is -0.726 e. The van der Waals surface area contributed by atoms with E-state index in [1.807, 2.05) is 27.7 Å². The number of esters is 2. The average Bonchev–Trinajstić information content (AvgIpc) is 1.47. The van der Waals surface area contributed by atoms with Gasteiger partial charge in [0, 0.05) is 19.4 Å². The van der Waals surface area contributed by atoms with Crippen LogP contribution in [0.2, 0.25) is 0 Å². The molecule has 0 amide bonds. The zero-order valence-corrected chi connectivity index (χ0v) is 57.2. The van der Waals surface area contributed by atoms with Crippen LogP contribution in [-0.2, 0) is 85.8 Å². The molecule has 0 bridgehead atoms. The molecule has 33 heteroatoms. The fourth-order valence-corrected chi connectivity index (χ4v) is 18.3. The van der Waals surface area contributed by atoms with E-state index in [9.17, 15) is 83.8 Å². The smallest absolute Gasteiger partial charge is 0.726 e. The largest absolute Gasteiger partial charge is 1.00 e. The van der Waals surface area contributed by atoms with Gasteiger partial charge >= 0.3 is 41.5 Å². The van der Waals surface area contributed by atoms with Crippen LogP contribution in [0.15, 0.2) is 23.8 Å². The third kappa shape index (κ3) is 13.8. The summed E-state index contributed by atoms with van der Waals surface area (Å²) in [4.78, 5) is 27.6. The first-order valence-electron chi connectivity index (χ1n) is 32.0. The summed E-state index contributed by atoms with van der Waals surface area (Å²) in [6, 6.07) is 0. The molecule has 0 aromatic rings. The molecule has 6 aliphatic heterocycles. The molecule has 1 spiro atoms. The summed E-state index contributed by atoms with van der Waals surface area (Å²) in [5.74, 6) is -1.32. The number of carbonyl (C=O) groups excluding carboxylic acids is 2. The fourth-order valence-electron chi connectivity index (χ4n) is 17.8. The summed E-state index contributed by atoms with van der Waals surface area (Å²) < 4.78 is 120. The van der Waals surface area contributed by atoms with Gasteiger partial charge in [0.1, 0.15) is 122 Å². The number of cyclic esters (lactones) is 1. The van der Waals surface area contributed by atoms with Crippen molar-refractivity contribution in [2.75, 3.05) is 40.1 Å². The SMILES string of the molecule is C=C(C)CCC[C@]1(C)OC(=O)C23CC[C@H]4C(=CC[C@H]5C(C)(C)C(O[C@@H]6OC[C@@H](OS(=O)(=O)[O-])[C@H](O)[C@H]6O[C@@H]6O[C@H](CO)[C@@H](O[C@@H]7O[C@H](CO)[C@@H](O)[C@H](O[C@@H]8O[C@H](CO)[C@@H](O)[C@H](OC)[C@H]8O)[C@H]7O)[C@H](O)[C@H]6O[C@@H]6OC[C@@H](O)[C@H](O)[C@H]6O)CC[C@]45C)[C@]2(C)C[C@H](OC(C)=O)C31.[Na+]. The van der Waals surface area contributed by atoms with Crippen LogP contribution < -0.4 is 29.6 Å². The summed E-state index contributed by atoms with van der Waals surface area (Å²) in [5, 5.41) is 133. The van der Waals surface area contributed by atoms with Crippen LogP contribution >= 0.6 is 0 Å². The van der Waals surface area contributed by atoms with Gasteiger partial charge in [-0.2, -0.15) is 0 Å². The maximum Gasteiger partial charge on any atom is 1.00 e. The van der Waals surface area contributed by atoms with Gasteiger partial charge in [0.2, 0.25) is 10.4 Å². The average molecular weight is 1380 g/mol. The monoisotopic (exact) mass is 1380 g/mol. The predicted molar refractivity (Wildman–Crippen MR) is 308 cm³/mol. The van der Waals surface area contributed by atoms with Gasteiger partial charge < -0.3 is 127 Å². The molecule has 10 rings (SSSR count). The van der Waals surface area contributed by atoms with Crippen molar-refractivity contribution in [3.05, 3.63) is 23.8 Å². The van der Waals surface area contributed by atoms with Gasteiger partial charge in [-0.3, -0.25) is 13.8 Å². The molecule has 0 aromatic carbocycles. The molecule has 4 aliphatic carbocycles. The molecule has 3 unspecified atom stereocenters. The Morgan fingerprint density at radius 3 is 1.85 bits per heavy atom. The van der Waals surface area contributed by atoms with E-state index >= 15 is 0 Å². The van der Waals surface area contributed by atoms with Crippen molar-refractivity contribution in [3.8, 4) is 0 Å². The summed E-state index contributed by atoms with van der Waals surface area (Å²) >= 11 is 0. The molecule has 6 heterocycles. The number of allylic oxidation sites excluding steroid dienone is 3. The van der Waals surface area contributed by atoms with Crippen LogP contribution in [0, 0.1) is 39.4 Å². The summed E-state index contributed by atoms with van der Waals surface area (Å²) in [6.07, 6.45) is -37.4. The summed E-state index contributed by atoms with van der Waals surface area (Å²) in [6.45, 7) is 13.5. The molecule has 31 nitrogen and oxygen atoms in total. The second kappa shape index (κ2) is 29.4. The minimum absolute atomic E-state index is 0. The van der Waals surface area contributed by atoms with E-state index in [4.69, 9.17) is 65.8 Å². The number of aliphatic hydroxyl groups is 12. The second-order valence-electron chi connectivity index (χ2n) is 28.4. The Morgan fingerprint density at radius 2 is 1.24 bits per heavy atom. The van der Waals surface area contributed by atoms with Crippen molar-refractivity contribution in [1.82, 2.24) is 0 Å². The van der Waals surface area contributed by atoms with E-state index in [2.05, 4.69) is 26.5 Å². The Kier molecular flexibility index (Phi) is 23.9. The number of aliphatic hydroxyl groups excluding tert-OH is 12. The van der Waals surface area contributed by atoms with Crippen LogP contribution in [0.25, 0.3) is 0 Å². The van der Waals surface area contributed by atoms with Crippen molar-refractivity contribution in [2.45, 2.75) is 265 Å². The van der Waals surface area contributed by atoms with E-state index < -0.39 is 236 Å². The van der Waals surface area contributed by atoms with Crippen LogP contribution in [0.1, 0.15) is 106 Å². The Morgan fingerprint density at radius 1 is 0.670 bits per heavy atom. The van der Waals surface area contributed by atoms with Gasteiger partial charge in [-0.15, -0.1) is 6.58 Å². The Hall–Kier alpha value is -1.63. The van der Waals surface area contributed by atoms with E-state index in [1.54, 1.807) is 0 Å². The van der Waals surface area contributed by atoms with Crippen molar-refractivity contribution in [3.63, 3.8) is 0 Å². The molecule has 9 fully saturated rings. The third-order valence-electron chi connectivity index (χ3n) is 22.4. The Balaban J connectivity index is 0.0000104. The third-order valence-corrected chi connectivity index (χ3v) is 22.9. The zero-order chi connectivity index (χ0) is 68.0. The van der Waals surface area contributed by atoms with Gasteiger partial charge in [0.05, 0.1) is 50.5 Å². The number of hydrogen-bond acceptors (Lipinski definition) is 31. The first-order valence-corrected chi connectivity index (χ1v) is 33.3. The number of fused-ring (bicyclic) bond motifs is 4. The van der Waals surface area contributed by atoms with Crippen molar-refractivity contribution in [1.29, 1.82) is 0 Å².